The van der Waals surface area contributed by atoms with Gasteiger partial charge in [-0.05, 0) is 43.2 Å². The lowest BCUT2D eigenvalue weighted by molar-refractivity contribution is -0.140. The summed E-state index contributed by atoms with van der Waals surface area (Å²) >= 11 is 7.15. The summed E-state index contributed by atoms with van der Waals surface area (Å²) in [7, 11) is 0. The highest BCUT2D eigenvalue weighted by Gasteiger charge is 2.34. The summed E-state index contributed by atoms with van der Waals surface area (Å²) in [6, 6.07) is 18.5. The molecule has 0 saturated heterocycles. The Kier molecular flexibility index (Phi) is 8.58. The molecule has 0 bridgehead atoms. The third-order valence-corrected chi connectivity index (χ3v) is 6.17. The molecule has 0 aromatic heterocycles. The highest BCUT2D eigenvalue weighted by atomic mass is 35.5. The Hall–Kier alpha value is -3.21. The van der Waals surface area contributed by atoms with E-state index in [1.807, 2.05) is 37.3 Å². The summed E-state index contributed by atoms with van der Waals surface area (Å²) in [5.41, 5.74) is 2.83. The molecular formula is C25H24ClN3O3S. The summed E-state index contributed by atoms with van der Waals surface area (Å²) in [5.74, 6) is -1.19. The Bertz CT molecular complexity index is 1120. The van der Waals surface area contributed by atoms with Gasteiger partial charge >= 0.3 is 5.97 Å². The number of carbonyl (C=O) groups is 2. The molecule has 33 heavy (non-hydrogen) atoms. The van der Waals surface area contributed by atoms with Crippen LogP contribution in [-0.4, -0.2) is 24.2 Å². The number of allylic oxidation sites excluding steroid dienone is 2. The average molecular weight is 482 g/mol. The molecule has 1 aliphatic heterocycles. The number of rotatable bonds is 8. The molecule has 2 aromatic carbocycles. The van der Waals surface area contributed by atoms with Crippen molar-refractivity contribution in [2.24, 2.45) is 0 Å². The lowest BCUT2D eigenvalue weighted by atomic mass is 9.82. The van der Waals surface area contributed by atoms with Gasteiger partial charge in [-0.15, -0.1) is 0 Å². The molecule has 1 aliphatic rings. The van der Waals surface area contributed by atoms with E-state index in [4.69, 9.17) is 16.3 Å². The zero-order chi connectivity index (χ0) is 23.8. The number of benzene rings is 2. The Morgan fingerprint density at radius 1 is 1.18 bits per heavy atom. The van der Waals surface area contributed by atoms with Gasteiger partial charge in [0.25, 0.3) is 5.91 Å². The van der Waals surface area contributed by atoms with Crippen LogP contribution in [0.25, 0.3) is 0 Å². The number of thioether (sulfide) groups is 1. The van der Waals surface area contributed by atoms with Gasteiger partial charge in [-0.2, -0.15) is 5.26 Å². The molecular weight excluding hydrogens is 458 g/mol. The van der Waals surface area contributed by atoms with E-state index in [1.54, 1.807) is 31.2 Å². The zero-order valence-corrected chi connectivity index (χ0v) is 19.9. The summed E-state index contributed by atoms with van der Waals surface area (Å²) in [6.45, 7) is 4.07. The van der Waals surface area contributed by atoms with Gasteiger partial charge in [0, 0.05) is 22.0 Å². The molecule has 2 aromatic rings. The molecule has 0 aliphatic carbocycles. The van der Waals surface area contributed by atoms with Crippen LogP contribution in [0.5, 0.6) is 0 Å². The van der Waals surface area contributed by atoms with Crippen LogP contribution in [0.4, 0.5) is 5.69 Å². The fraction of sp³-hybridized carbons (Fsp3) is 0.240. The molecule has 1 atom stereocenters. The molecule has 1 heterocycles. The highest BCUT2D eigenvalue weighted by molar-refractivity contribution is 8.03. The van der Waals surface area contributed by atoms with Crippen molar-refractivity contribution in [3.8, 4) is 6.07 Å². The van der Waals surface area contributed by atoms with Gasteiger partial charge in [-0.25, -0.2) is 0 Å². The average Bonchev–Trinajstić information content (AvgIpc) is 2.82. The molecule has 170 valence electrons. The lowest BCUT2D eigenvalue weighted by Crippen LogP contribution is -2.31. The number of amides is 1. The first-order valence-electron chi connectivity index (χ1n) is 10.5. The van der Waals surface area contributed by atoms with Gasteiger partial charge in [0.05, 0.1) is 34.9 Å². The maximum atomic E-state index is 13.3. The monoisotopic (exact) mass is 481 g/mol. The van der Waals surface area contributed by atoms with Crippen LogP contribution in [0.1, 0.15) is 31.7 Å². The summed E-state index contributed by atoms with van der Waals surface area (Å²) < 4.78 is 5.14. The third-order valence-electron chi connectivity index (χ3n) is 4.93. The quantitative estimate of drug-likeness (QED) is 0.493. The summed E-state index contributed by atoms with van der Waals surface area (Å²) in [5, 5.41) is 17.2. The van der Waals surface area contributed by atoms with Crippen LogP contribution in [-0.2, 0) is 14.3 Å². The standard InChI is InChI=1S/C25H24ClN3O3S/c1-3-13-32-21(30)15-33-25-20(14-27)23(17-7-5-4-6-8-17)22(16(2)28-25)24(31)29-19-11-9-18(26)10-12-19/h4-12,23,28H,3,13,15H2,1-2H3,(H,29,31)/t23-/m0/s1. The predicted molar refractivity (Wildman–Crippen MR) is 131 cm³/mol. The molecule has 8 heteroatoms. The van der Waals surface area contributed by atoms with E-state index in [0.29, 0.717) is 39.2 Å². The fourth-order valence-corrected chi connectivity index (χ4v) is 4.44. The van der Waals surface area contributed by atoms with Crippen LogP contribution in [0.2, 0.25) is 5.02 Å². The number of esters is 1. The minimum absolute atomic E-state index is 0.0641. The first-order valence-corrected chi connectivity index (χ1v) is 11.8. The highest BCUT2D eigenvalue weighted by Crippen LogP contribution is 2.40. The Labute approximate surface area is 202 Å². The predicted octanol–water partition coefficient (Wildman–Crippen LogP) is 5.36. The summed E-state index contributed by atoms with van der Waals surface area (Å²) in [4.78, 5) is 25.4. The van der Waals surface area contributed by atoms with E-state index in [-0.39, 0.29) is 17.6 Å². The second kappa shape index (κ2) is 11.6. The number of nitrogens with one attached hydrogen (secondary N) is 2. The largest absolute Gasteiger partial charge is 0.465 e. The second-order valence-electron chi connectivity index (χ2n) is 7.33. The van der Waals surface area contributed by atoms with Crippen LogP contribution < -0.4 is 10.6 Å². The molecule has 0 unspecified atom stereocenters. The smallest absolute Gasteiger partial charge is 0.316 e. The van der Waals surface area contributed by atoms with Gasteiger partial charge in [-0.1, -0.05) is 60.6 Å². The van der Waals surface area contributed by atoms with E-state index >= 15 is 0 Å². The normalized spacial score (nSPS) is 15.5. The lowest BCUT2D eigenvalue weighted by Gasteiger charge is -2.29. The first kappa shape index (κ1) is 24.4. The van der Waals surface area contributed by atoms with Gasteiger partial charge in [-0.3, -0.25) is 9.59 Å². The Morgan fingerprint density at radius 3 is 2.52 bits per heavy atom. The molecule has 6 nitrogen and oxygen atoms in total. The van der Waals surface area contributed by atoms with Crippen molar-refractivity contribution in [2.45, 2.75) is 26.2 Å². The third kappa shape index (κ3) is 6.19. The Balaban J connectivity index is 1.94. The fourth-order valence-electron chi connectivity index (χ4n) is 3.43. The van der Waals surface area contributed by atoms with Crippen LogP contribution in [0.15, 0.2) is 76.5 Å². The van der Waals surface area contributed by atoms with E-state index in [9.17, 15) is 14.9 Å². The van der Waals surface area contributed by atoms with Crippen LogP contribution >= 0.6 is 23.4 Å². The van der Waals surface area contributed by atoms with E-state index in [2.05, 4.69) is 16.7 Å². The zero-order valence-electron chi connectivity index (χ0n) is 18.4. The number of ether oxygens (including phenoxy) is 1. The number of nitrogens with zero attached hydrogens (tertiary/aromatic N) is 1. The number of anilines is 1. The van der Waals surface area contributed by atoms with Crippen LogP contribution in [0.3, 0.4) is 0 Å². The summed E-state index contributed by atoms with van der Waals surface area (Å²) in [6.07, 6.45) is 0.741. The van der Waals surface area contributed by atoms with E-state index in [1.165, 1.54) is 11.8 Å². The number of hydrogen-bond acceptors (Lipinski definition) is 6. The van der Waals surface area contributed by atoms with E-state index in [0.717, 1.165) is 12.0 Å². The van der Waals surface area contributed by atoms with Gasteiger partial charge < -0.3 is 15.4 Å². The molecule has 1 amide bonds. The number of nitriles is 1. The molecule has 3 rings (SSSR count). The number of halogens is 1. The second-order valence-corrected chi connectivity index (χ2v) is 8.75. The maximum absolute atomic E-state index is 13.3. The minimum Gasteiger partial charge on any atom is -0.465 e. The molecule has 0 spiro atoms. The van der Waals surface area contributed by atoms with Crippen molar-refractivity contribution in [3.63, 3.8) is 0 Å². The first-order chi connectivity index (χ1) is 15.9. The molecule has 2 N–H and O–H groups in total. The van der Waals surface area contributed by atoms with Crippen molar-refractivity contribution in [1.82, 2.24) is 5.32 Å². The van der Waals surface area contributed by atoms with Crippen LogP contribution in [0, 0.1) is 11.3 Å². The van der Waals surface area contributed by atoms with Crippen molar-refractivity contribution in [1.29, 1.82) is 5.26 Å². The molecule has 0 radical (unpaired) electrons. The SMILES string of the molecule is CCCOC(=O)CSC1=C(C#N)[C@H](c2ccccc2)C(C(=O)Nc2ccc(Cl)cc2)=C(C)N1. The van der Waals surface area contributed by atoms with Crippen molar-refractivity contribution in [3.05, 3.63) is 87.1 Å². The van der Waals surface area contributed by atoms with Crippen molar-refractivity contribution in [2.75, 3.05) is 17.7 Å². The number of dihydropyridines is 1. The molecule has 0 fully saturated rings. The maximum Gasteiger partial charge on any atom is 0.316 e. The van der Waals surface area contributed by atoms with Gasteiger partial charge in [0.1, 0.15) is 0 Å². The topological polar surface area (TPSA) is 91.2 Å². The number of carbonyl (C=O) groups excluding carboxylic acids is 2. The van der Waals surface area contributed by atoms with Gasteiger partial charge in [0.15, 0.2) is 0 Å². The minimum atomic E-state index is -0.584. The van der Waals surface area contributed by atoms with E-state index < -0.39 is 5.92 Å². The Morgan fingerprint density at radius 2 is 1.88 bits per heavy atom. The van der Waals surface area contributed by atoms with Crippen molar-refractivity contribution < 1.29 is 14.3 Å². The van der Waals surface area contributed by atoms with Crippen molar-refractivity contribution >= 4 is 40.9 Å². The molecule has 0 saturated carbocycles. The number of hydrogen-bond donors (Lipinski definition) is 2. The van der Waals surface area contributed by atoms with Gasteiger partial charge in [0.2, 0.25) is 0 Å².